The van der Waals surface area contributed by atoms with Gasteiger partial charge < -0.3 is 19.1 Å². The molecule has 0 bridgehead atoms. The van der Waals surface area contributed by atoms with Gasteiger partial charge in [-0.25, -0.2) is 4.79 Å². The molecule has 0 spiro atoms. The Bertz CT molecular complexity index is 778. The normalized spacial score (nSPS) is 23.9. The van der Waals surface area contributed by atoms with E-state index in [1.54, 1.807) is 17.0 Å². The quantitative estimate of drug-likeness (QED) is 0.616. The van der Waals surface area contributed by atoms with Crippen LogP contribution in [0.25, 0.3) is 0 Å². The smallest absolute Gasteiger partial charge is 0.387 e. The first-order valence-corrected chi connectivity index (χ1v) is 10.1. The fourth-order valence-corrected chi connectivity index (χ4v) is 3.82. The van der Waals surface area contributed by atoms with Crippen LogP contribution >= 0.6 is 0 Å². The molecule has 1 unspecified atom stereocenters. The first-order valence-electron chi connectivity index (χ1n) is 10.1. The zero-order chi connectivity index (χ0) is 20.5. The van der Waals surface area contributed by atoms with Crippen LogP contribution in [0.4, 0.5) is 8.78 Å². The number of carbonyl (C=O) groups is 2. The van der Waals surface area contributed by atoms with Crippen LogP contribution in [-0.4, -0.2) is 49.7 Å². The number of methoxy groups -OCH3 is 1. The highest BCUT2D eigenvalue weighted by Crippen LogP contribution is 2.41. The van der Waals surface area contributed by atoms with Gasteiger partial charge in [0.05, 0.1) is 13.7 Å². The lowest BCUT2D eigenvalue weighted by Gasteiger charge is -2.22. The summed E-state index contributed by atoms with van der Waals surface area (Å²) in [6, 6.07) is 4.25. The Hall–Kier alpha value is -2.38. The number of alkyl halides is 2. The summed E-state index contributed by atoms with van der Waals surface area (Å²) in [5.74, 6) is 0.190. The van der Waals surface area contributed by atoms with E-state index in [1.165, 1.54) is 13.2 Å². The van der Waals surface area contributed by atoms with Crippen molar-refractivity contribution in [3.05, 3.63) is 23.8 Å². The van der Waals surface area contributed by atoms with Crippen molar-refractivity contribution in [1.29, 1.82) is 0 Å². The summed E-state index contributed by atoms with van der Waals surface area (Å²) in [5, 5.41) is 0. The summed E-state index contributed by atoms with van der Waals surface area (Å²) in [7, 11) is 1.32. The topological polar surface area (TPSA) is 65.1 Å². The van der Waals surface area contributed by atoms with Gasteiger partial charge in [-0.15, -0.1) is 0 Å². The van der Waals surface area contributed by atoms with Crippen molar-refractivity contribution < 1.29 is 32.6 Å². The lowest BCUT2D eigenvalue weighted by atomic mass is 9.96. The van der Waals surface area contributed by atoms with E-state index in [-0.39, 0.29) is 29.2 Å². The zero-order valence-corrected chi connectivity index (χ0v) is 16.3. The molecule has 4 rings (SSSR count). The number of halogens is 2. The Kier molecular flexibility index (Phi) is 5.61. The van der Waals surface area contributed by atoms with E-state index in [0.29, 0.717) is 25.5 Å². The molecule has 1 amide bonds. The minimum Gasteiger partial charge on any atom is -0.489 e. The fourth-order valence-electron chi connectivity index (χ4n) is 3.82. The van der Waals surface area contributed by atoms with Crippen LogP contribution in [0, 0.1) is 11.8 Å². The van der Waals surface area contributed by atoms with Crippen LogP contribution in [0.3, 0.4) is 0 Å². The SMILES string of the molecule is COC(=O)[C@@H]1CC(c2ccc(OC(F)F)c(OCC3CC3)c2)CN1C(=O)C1CC1. The third-order valence-corrected chi connectivity index (χ3v) is 5.81. The third-order valence-electron chi connectivity index (χ3n) is 5.81. The third kappa shape index (κ3) is 4.62. The molecule has 6 nitrogen and oxygen atoms in total. The maximum absolute atomic E-state index is 12.7. The number of ether oxygens (including phenoxy) is 3. The van der Waals surface area contributed by atoms with Crippen LogP contribution < -0.4 is 9.47 Å². The highest BCUT2D eigenvalue weighted by Gasteiger charge is 2.45. The van der Waals surface area contributed by atoms with Gasteiger partial charge in [0.15, 0.2) is 11.5 Å². The van der Waals surface area contributed by atoms with Crippen LogP contribution in [0.5, 0.6) is 11.5 Å². The standard InChI is InChI=1S/C21H25F2NO5/c1-27-20(26)16-8-15(10-24(16)19(25)13-4-5-13)14-6-7-17(29-21(22)23)18(9-14)28-11-12-2-3-12/h6-7,9,12-13,15-16,21H,2-5,8,10-11H2,1H3/t15?,16-/m0/s1. The maximum Gasteiger partial charge on any atom is 0.387 e. The molecule has 1 aliphatic heterocycles. The van der Waals surface area contributed by atoms with Gasteiger partial charge in [-0.2, -0.15) is 8.78 Å². The Labute approximate surface area is 168 Å². The van der Waals surface area contributed by atoms with Crippen LogP contribution in [-0.2, 0) is 14.3 Å². The molecule has 8 heteroatoms. The number of amides is 1. The van der Waals surface area contributed by atoms with E-state index in [9.17, 15) is 18.4 Å². The number of esters is 1. The molecule has 0 radical (unpaired) electrons. The molecule has 2 saturated carbocycles. The molecule has 158 valence electrons. The molecule has 1 heterocycles. The van der Waals surface area contributed by atoms with Crippen molar-refractivity contribution >= 4 is 11.9 Å². The van der Waals surface area contributed by atoms with Crippen molar-refractivity contribution in [2.45, 2.75) is 50.7 Å². The van der Waals surface area contributed by atoms with Crippen LogP contribution in [0.2, 0.25) is 0 Å². The van der Waals surface area contributed by atoms with Crippen molar-refractivity contribution in [2.75, 3.05) is 20.3 Å². The van der Waals surface area contributed by atoms with E-state index in [2.05, 4.69) is 4.74 Å². The maximum atomic E-state index is 12.7. The van der Waals surface area contributed by atoms with E-state index in [0.717, 1.165) is 31.2 Å². The van der Waals surface area contributed by atoms with Gasteiger partial charge >= 0.3 is 12.6 Å². The van der Waals surface area contributed by atoms with Crippen molar-refractivity contribution in [1.82, 2.24) is 4.90 Å². The highest BCUT2D eigenvalue weighted by atomic mass is 19.3. The minimum atomic E-state index is -2.94. The van der Waals surface area contributed by atoms with Gasteiger partial charge in [-0.1, -0.05) is 6.07 Å². The number of hydrogen-bond acceptors (Lipinski definition) is 5. The number of benzene rings is 1. The minimum absolute atomic E-state index is 0.000148. The average Bonchev–Trinajstić information content (AvgIpc) is 3.63. The Morgan fingerprint density at radius 1 is 1.17 bits per heavy atom. The number of hydrogen-bond donors (Lipinski definition) is 0. The van der Waals surface area contributed by atoms with E-state index < -0.39 is 18.6 Å². The van der Waals surface area contributed by atoms with Crippen LogP contribution in [0.1, 0.15) is 43.6 Å². The number of likely N-dealkylation sites (tertiary alicyclic amines) is 1. The largest absolute Gasteiger partial charge is 0.489 e. The second kappa shape index (κ2) is 8.16. The summed E-state index contributed by atoms with van der Waals surface area (Å²) in [6.07, 6.45) is 4.29. The zero-order valence-electron chi connectivity index (χ0n) is 16.3. The molecule has 2 atom stereocenters. The average molecular weight is 409 g/mol. The van der Waals surface area contributed by atoms with Gasteiger partial charge in [0.25, 0.3) is 0 Å². The lowest BCUT2D eigenvalue weighted by Crippen LogP contribution is -2.41. The van der Waals surface area contributed by atoms with Gasteiger partial charge in [-0.05, 0) is 55.7 Å². The monoisotopic (exact) mass is 409 g/mol. The Morgan fingerprint density at radius 2 is 1.93 bits per heavy atom. The summed E-state index contributed by atoms with van der Waals surface area (Å²) in [6.45, 7) is -2.08. The predicted molar refractivity (Wildman–Crippen MR) is 98.9 cm³/mol. The van der Waals surface area contributed by atoms with E-state index in [4.69, 9.17) is 9.47 Å². The Balaban J connectivity index is 1.54. The molecule has 0 N–H and O–H groups in total. The van der Waals surface area contributed by atoms with Gasteiger partial charge in [0.2, 0.25) is 5.91 Å². The number of nitrogens with zero attached hydrogens (tertiary/aromatic N) is 1. The predicted octanol–water partition coefficient (Wildman–Crippen LogP) is 3.34. The second-order valence-corrected chi connectivity index (χ2v) is 8.08. The fraction of sp³-hybridized carbons (Fsp3) is 0.619. The van der Waals surface area contributed by atoms with Crippen molar-refractivity contribution in [3.8, 4) is 11.5 Å². The first kappa shape index (κ1) is 19.9. The van der Waals surface area contributed by atoms with E-state index >= 15 is 0 Å². The molecule has 3 aliphatic rings. The summed E-state index contributed by atoms with van der Waals surface area (Å²) in [5.41, 5.74) is 0.831. The summed E-state index contributed by atoms with van der Waals surface area (Å²) in [4.78, 5) is 26.5. The molecule has 2 aliphatic carbocycles. The number of carbonyl (C=O) groups excluding carboxylic acids is 2. The highest BCUT2D eigenvalue weighted by molar-refractivity contribution is 5.88. The molecular weight excluding hydrogens is 384 g/mol. The molecule has 1 saturated heterocycles. The van der Waals surface area contributed by atoms with Crippen molar-refractivity contribution in [3.63, 3.8) is 0 Å². The lowest BCUT2D eigenvalue weighted by molar-refractivity contribution is -0.151. The first-order chi connectivity index (χ1) is 14.0. The van der Waals surface area contributed by atoms with Crippen LogP contribution in [0.15, 0.2) is 18.2 Å². The molecule has 3 fully saturated rings. The summed E-state index contributed by atoms with van der Waals surface area (Å²) >= 11 is 0. The van der Waals surface area contributed by atoms with Gasteiger partial charge in [-0.3, -0.25) is 4.79 Å². The molecular formula is C21H25F2NO5. The molecule has 29 heavy (non-hydrogen) atoms. The molecule has 0 aromatic heterocycles. The molecule has 1 aromatic rings. The molecule has 1 aromatic carbocycles. The van der Waals surface area contributed by atoms with Gasteiger partial charge in [0.1, 0.15) is 6.04 Å². The van der Waals surface area contributed by atoms with E-state index in [1.807, 2.05) is 0 Å². The second-order valence-electron chi connectivity index (χ2n) is 8.08. The summed E-state index contributed by atoms with van der Waals surface area (Å²) < 4.78 is 40.7. The Morgan fingerprint density at radius 3 is 2.55 bits per heavy atom. The van der Waals surface area contributed by atoms with Gasteiger partial charge in [0, 0.05) is 18.4 Å². The van der Waals surface area contributed by atoms with Crippen molar-refractivity contribution in [2.24, 2.45) is 11.8 Å². The number of rotatable bonds is 8.